The first-order valence-electron chi connectivity index (χ1n) is 23.1. The molecular formula is C64H47N. The van der Waals surface area contributed by atoms with E-state index in [9.17, 15) is 0 Å². The molecule has 1 atom stereocenters. The van der Waals surface area contributed by atoms with Crippen LogP contribution in [0.2, 0.25) is 0 Å². The van der Waals surface area contributed by atoms with Crippen LogP contribution in [-0.4, -0.2) is 0 Å². The fraction of sp³-hybridized carbons (Fsp3) is 0.0938. The summed E-state index contributed by atoms with van der Waals surface area (Å²) in [6, 6.07) is 79.5. The molecule has 0 bridgehead atoms. The summed E-state index contributed by atoms with van der Waals surface area (Å²) in [6.45, 7) is 4.77. The quantitative estimate of drug-likeness (QED) is 0.161. The number of nitrogens with zero attached hydrogens (tertiary/aromatic N) is 1. The molecule has 9 aromatic rings. The second-order valence-corrected chi connectivity index (χ2v) is 18.7. The van der Waals surface area contributed by atoms with Crippen LogP contribution in [0.15, 0.2) is 230 Å². The Morgan fingerprint density at radius 1 is 0.385 bits per heavy atom. The number of anilines is 3. The third kappa shape index (κ3) is 5.52. The molecule has 65 heavy (non-hydrogen) atoms. The van der Waals surface area contributed by atoms with Gasteiger partial charge in [0.2, 0.25) is 0 Å². The van der Waals surface area contributed by atoms with Crippen molar-refractivity contribution in [1.29, 1.82) is 0 Å². The average Bonchev–Trinajstić information content (AvgIpc) is 3.93. The zero-order valence-electron chi connectivity index (χ0n) is 36.7. The lowest BCUT2D eigenvalue weighted by molar-refractivity contribution is 0.660. The number of allylic oxidation sites excluding steroid dienone is 4. The molecule has 4 aliphatic carbocycles. The van der Waals surface area contributed by atoms with Crippen molar-refractivity contribution in [3.8, 4) is 55.6 Å². The van der Waals surface area contributed by atoms with Crippen molar-refractivity contribution >= 4 is 22.6 Å². The van der Waals surface area contributed by atoms with Gasteiger partial charge < -0.3 is 4.90 Å². The summed E-state index contributed by atoms with van der Waals surface area (Å²) in [5, 5.41) is 0. The fourth-order valence-corrected chi connectivity index (χ4v) is 12.0. The molecule has 13 rings (SSSR count). The number of rotatable bonds is 6. The Balaban J connectivity index is 1.02. The van der Waals surface area contributed by atoms with Gasteiger partial charge in [-0.15, -0.1) is 0 Å². The SMILES string of the molecule is CC1(C)c2ccccc2-c2ccc(N(c3ccc(-c4ccc(-c5ccccc5)cc4)cc3)c3cccc4c3-c3ccccc3C43C4=C(CCC=C4)c4ccc(-c5ccccc5)cc43)cc21. The predicted octanol–water partition coefficient (Wildman–Crippen LogP) is 16.9. The van der Waals surface area contributed by atoms with Crippen molar-refractivity contribution < 1.29 is 0 Å². The molecule has 4 aliphatic rings. The van der Waals surface area contributed by atoms with E-state index in [2.05, 4.69) is 243 Å². The standard InChI is InChI=1S/C64H47N/c1-63(2)55-23-12-9-20-50(55)52-39-37-49(41-59(52)63)65(48-35-32-46(33-36-48)45-30-28-44(29-31-45)42-16-5-3-6-17-42)61-27-15-26-58-62(61)54-22-11-14-25-57(54)64(58)56-24-13-10-21-51(56)53-38-34-47(40-60(53)64)43-18-7-4-8-19-43/h3-9,11-20,22-41H,10,21H2,1-2H3. The van der Waals surface area contributed by atoms with Crippen LogP contribution < -0.4 is 4.90 Å². The number of benzene rings is 9. The fourth-order valence-electron chi connectivity index (χ4n) is 12.0. The lowest BCUT2D eigenvalue weighted by Gasteiger charge is -2.33. The number of fused-ring (bicyclic) bond motifs is 12. The van der Waals surface area contributed by atoms with Crippen LogP contribution in [0.4, 0.5) is 17.1 Å². The van der Waals surface area contributed by atoms with Crippen LogP contribution in [0, 0.1) is 0 Å². The van der Waals surface area contributed by atoms with E-state index in [0.717, 1.165) is 24.2 Å². The first kappa shape index (κ1) is 37.8. The van der Waals surface area contributed by atoms with Gasteiger partial charge in [0.25, 0.3) is 0 Å². The maximum Gasteiger partial charge on any atom is 0.0723 e. The molecule has 308 valence electrons. The molecule has 1 heteroatoms. The number of hydrogen-bond acceptors (Lipinski definition) is 1. The summed E-state index contributed by atoms with van der Waals surface area (Å²) in [7, 11) is 0. The van der Waals surface area contributed by atoms with Crippen molar-refractivity contribution in [2.75, 3.05) is 4.90 Å². The van der Waals surface area contributed by atoms with E-state index in [-0.39, 0.29) is 5.41 Å². The molecule has 0 amide bonds. The first-order valence-corrected chi connectivity index (χ1v) is 23.1. The molecule has 1 unspecified atom stereocenters. The lowest BCUT2D eigenvalue weighted by Crippen LogP contribution is -2.27. The topological polar surface area (TPSA) is 3.24 Å². The van der Waals surface area contributed by atoms with Crippen LogP contribution in [0.25, 0.3) is 61.2 Å². The summed E-state index contributed by atoms with van der Waals surface area (Å²) in [5.41, 5.74) is 26.7. The molecule has 0 heterocycles. The maximum atomic E-state index is 2.54. The van der Waals surface area contributed by atoms with Crippen molar-refractivity contribution in [1.82, 2.24) is 0 Å². The van der Waals surface area contributed by atoms with Gasteiger partial charge in [0.05, 0.1) is 11.1 Å². The molecule has 0 aromatic heterocycles. The zero-order valence-corrected chi connectivity index (χ0v) is 36.7. The summed E-state index contributed by atoms with van der Waals surface area (Å²) < 4.78 is 0. The Morgan fingerprint density at radius 3 is 1.65 bits per heavy atom. The van der Waals surface area contributed by atoms with Gasteiger partial charge in [0.15, 0.2) is 0 Å². The van der Waals surface area contributed by atoms with Gasteiger partial charge in [-0.1, -0.05) is 202 Å². The van der Waals surface area contributed by atoms with E-state index >= 15 is 0 Å². The van der Waals surface area contributed by atoms with Gasteiger partial charge in [-0.05, 0) is 144 Å². The molecule has 0 radical (unpaired) electrons. The summed E-state index contributed by atoms with van der Waals surface area (Å²) in [6.07, 6.45) is 6.97. The van der Waals surface area contributed by atoms with Gasteiger partial charge in [-0.2, -0.15) is 0 Å². The van der Waals surface area contributed by atoms with Crippen LogP contribution in [0.3, 0.4) is 0 Å². The highest BCUT2D eigenvalue weighted by Crippen LogP contribution is 2.65. The van der Waals surface area contributed by atoms with Crippen molar-refractivity contribution in [2.45, 2.75) is 37.5 Å². The Hall–Kier alpha value is -7.74. The van der Waals surface area contributed by atoms with E-state index in [1.807, 2.05) is 0 Å². The van der Waals surface area contributed by atoms with E-state index in [1.54, 1.807) is 0 Å². The Bertz CT molecular complexity index is 3420. The van der Waals surface area contributed by atoms with E-state index in [1.165, 1.54) is 106 Å². The van der Waals surface area contributed by atoms with Crippen molar-refractivity contribution in [3.63, 3.8) is 0 Å². The second kappa shape index (κ2) is 14.4. The van der Waals surface area contributed by atoms with Gasteiger partial charge >= 0.3 is 0 Å². The largest absolute Gasteiger partial charge is 0.310 e. The molecule has 1 spiro atoms. The Labute approximate surface area is 382 Å². The average molecular weight is 830 g/mol. The van der Waals surface area contributed by atoms with E-state index in [0.29, 0.717) is 0 Å². The minimum Gasteiger partial charge on any atom is -0.310 e. The van der Waals surface area contributed by atoms with Crippen LogP contribution in [0.5, 0.6) is 0 Å². The molecular weight excluding hydrogens is 783 g/mol. The molecule has 0 fully saturated rings. The van der Waals surface area contributed by atoms with Crippen LogP contribution in [0.1, 0.15) is 60.1 Å². The van der Waals surface area contributed by atoms with Gasteiger partial charge in [0, 0.05) is 22.4 Å². The second-order valence-electron chi connectivity index (χ2n) is 18.7. The molecule has 0 N–H and O–H groups in total. The molecule has 1 nitrogen and oxygen atoms in total. The van der Waals surface area contributed by atoms with Gasteiger partial charge in [-0.25, -0.2) is 0 Å². The van der Waals surface area contributed by atoms with E-state index in [4.69, 9.17) is 0 Å². The van der Waals surface area contributed by atoms with Crippen molar-refractivity contribution in [2.24, 2.45) is 0 Å². The van der Waals surface area contributed by atoms with Gasteiger partial charge in [-0.3, -0.25) is 0 Å². The molecule has 9 aromatic carbocycles. The third-order valence-electron chi connectivity index (χ3n) is 15.0. The highest BCUT2D eigenvalue weighted by Gasteiger charge is 2.53. The Morgan fingerprint density at radius 2 is 0.923 bits per heavy atom. The van der Waals surface area contributed by atoms with Gasteiger partial charge in [0.1, 0.15) is 0 Å². The maximum absolute atomic E-state index is 2.54. The zero-order chi connectivity index (χ0) is 43.3. The summed E-state index contributed by atoms with van der Waals surface area (Å²) in [5.74, 6) is 0. The van der Waals surface area contributed by atoms with E-state index < -0.39 is 5.41 Å². The minimum atomic E-state index is -0.447. The lowest BCUT2D eigenvalue weighted by atomic mass is 9.68. The summed E-state index contributed by atoms with van der Waals surface area (Å²) >= 11 is 0. The smallest absolute Gasteiger partial charge is 0.0723 e. The molecule has 0 saturated heterocycles. The third-order valence-corrected chi connectivity index (χ3v) is 15.0. The minimum absolute atomic E-state index is 0.140. The van der Waals surface area contributed by atoms with Crippen LogP contribution in [-0.2, 0) is 10.8 Å². The molecule has 0 saturated carbocycles. The predicted molar refractivity (Wildman–Crippen MR) is 272 cm³/mol. The first-order chi connectivity index (χ1) is 32.0. The monoisotopic (exact) mass is 829 g/mol. The Kier molecular flexibility index (Phi) is 8.37. The normalized spacial score (nSPS) is 16.7. The summed E-state index contributed by atoms with van der Waals surface area (Å²) in [4.78, 5) is 2.54. The highest BCUT2D eigenvalue weighted by atomic mass is 15.1. The number of hydrogen-bond donors (Lipinski definition) is 0. The van der Waals surface area contributed by atoms with Crippen molar-refractivity contribution in [3.05, 3.63) is 263 Å². The van der Waals surface area contributed by atoms with Crippen LogP contribution >= 0.6 is 0 Å². The molecule has 0 aliphatic heterocycles. The highest BCUT2D eigenvalue weighted by molar-refractivity contribution is 6.02.